The van der Waals surface area contributed by atoms with Gasteiger partial charge in [-0.15, -0.1) is 0 Å². The van der Waals surface area contributed by atoms with E-state index in [0.29, 0.717) is 12.2 Å². The van der Waals surface area contributed by atoms with E-state index in [9.17, 15) is 20.4 Å². The molecule has 0 aromatic heterocycles. The SMILES string of the molecule is CO[C@@H]1C(CO)O[C@@H](O[C@@H]2C(CO)OC(C)C(N)[C@H]2O)C(N=C(N)CCS)[C@H]1O. The number of methoxy groups -OCH3 is 1. The first-order valence-corrected chi connectivity index (χ1v) is 10.2. The van der Waals surface area contributed by atoms with Crippen LogP contribution in [0.5, 0.6) is 0 Å². The quantitative estimate of drug-likeness (QED) is 0.117. The van der Waals surface area contributed by atoms with Crippen molar-refractivity contribution in [1.29, 1.82) is 0 Å². The number of hydrogen-bond donors (Lipinski definition) is 7. The molecule has 2 saturated heterocycles. The zero-order valence-electron chi connectivity index (χ0n) is 16.6. The molecule has 2 aliphatic heterocycles. The van der Waals surface area contributed by atoms with Gasteiger partial charge in [0.25, 0.3) is 0 Å². The number of aliphatic hydroxyl groups is 4. The molecule has 0 amide bonds. The van der Waals surface area contributed by atoms with Crippen molar-refractivity contribution in [3.05, 3.63) is 0 Å². The number of thiol groups is 1. The second-order valence-electron chi connectivity index (χ2n) is 7.23. The number of aliphatic hydroxyl groups excluding tert-OH is 4. The van der Waals surface area contributed by atoms with Gasteiger partial charge in [0.2, 0.25) is 0 Å². The standard InChI is InChI=1S/C17H33N3O8S/c1-7-11(19)13(23)16(9(6-22)26-7)28-17-12(20-10(18)3-4-29)14(24)15(25-2)8(5-21)27-17/h7-9,11-17,21-24,29H,3-6,19H2,1-2H3,(H2,18,20)/t7?,8?,9?,11?,12?,13-,14-,15-,16-,17+/m1/s1. The lowest BCUT2D eigenvalue weighted by Crippen LogP contribution is -2.65. The fraction of sp³-hybridized carbons (Fsp3) is 0.941. The second-order valence-corrected chi connectivity index (χ2v) is 7.68. The Hall–Kier alpha value is -0.540. The van der Waals surface area contributed by atoms with Crippen LogP contribution in [0.1, 0.15) is 13.3 Å². The maximum Gasteiger partial charge on any atom is 0.183 e. The lowest BCUT2D eigenvalue weighted by molar-refractivity contribution is -0.311. The lowest BCUT2D eigenvalue weighted by atomic mass is 9.93. The highest BCUT2D eigenvalue weighted by molar-refractivity contribution is 7.80. The Bertz CT molecular complexity index is 543. The van der Waals surface area contributed by atoms with Gasteiger partial charge in [0.15, 0.2) is 6.29 Å². The minimum atomic E-state index is -1.21. The molecule has 10 atom stereocenters. The highest BCUT2D eigenvalue weighted by Crippen LogP contribution is 2.30. The highest BCUT2D eigenvalue weighted by Gasteiger charge is 2.50. The molecule has 2 aliphatic rings. The minimum Gasteiger partial charge on any atom is -0.394 e. The van der Waals surface area contributed by atoms with E-state index in [0.717, 1.165) is 0 Å². The van der Waals surface area contributed by atoms with E-state index in [1.807, 2.05) is 0 Å². The first-order chi connectivity index (χ1) is 13.8. The van der Waals surface area contributed by atoms with Crippen LogP contribution in [0.15, 0.2) is 4.99 Å². The fourth-order valence-corrected chi connectivity index (χ4v) is 3.82. The van der Waals surface area contributed by atoms with Gasteiger partial charge in [-0.05, 0) is 12.7 Å². The van der Waals surface area contributed by atoms with Crippen LogP contribution in [0.4, 0.5) is 0 Å². The average molecular weight is 440 g/mol. The zero-order chi connectivity index (χ0) is 21.7. The number of amidine groups is 1. The molecule has 0 bridgehead atoms. The van der Waals surface area contributed by atoms with Crippen LogP contribution >= 0.6 is 12.6 Å². The zero-order valence-corrected chi connectivity index (χ0v) is 17.5. The van der Waals surface area contributed by atoms with Crippen LogP contribution in [0.2, 0.25) is 0 Å². The molecule has 11 nitrogen and oxygen atoms in total. The Kier molecular flexibility index (Phi) is 9.54. The van der Waals surface area contributed by atoms with E-state index in [1.54, 1.807) is 6.92 Å². The summed E-state index contributed by atoms with van der Waals surface area (Å²) in [6, 6.07) is -1.77. The predicted octanol–water partition coefficient (Wildman–Crippen LogP) is -3.02. The van der Waals surface area contributed by atoms with E-state index >= 15 is 0 Å². The Morgan fingerprint density at radius 1 is 1.10 bits per heavy atom. The van der Waals surface area contributed by atoms with Gasteiger partial charge in [-0.25, -0.2) is 0 Å². The van der Waals surface area contributed by atoms with Crippen molar-refractivity contribution >= 4 is 18.5 Å². The van der Waals surface area contributed by atoms with E-state index in [4.69, 9.17) is 30.4 Å². The van der Waals surface area contributed by atoms with Crippen LogP contribution in [0.25, 0.3) is 0 Å². The van der Waals surface area contributed by atoms with E-state index in [1.165, 1.54) is 7.11 Å². The molecule has 5 unspecified atom stereocenters. The monoisotopic (exact) mass is 439 g/mol. The fourth-order valence-electron chi connectivity index (χ4n) is 3.59. The number of aliphatic imine (C=N–C) groups is 1. The predicted molar refractivity (Wildman–Crippen MR) is 107 cm³/mol. The summed E-state index contributed by atoms with van der Waals surface area (Å²) < 4.78 is 22.6. The summed E-state index contributed by atoms with van der Waals surface area (Å²) in [6.07, 6.45) is -7.40. The van der Waals surface area contributed by atoms with Gasteiger partial charge in [-0.1, -0.05) is 0 Å². The van der Waals surface area contributed by atoms with E-state index in [2.05, 4.69) is 17.6 Å². The molecule has 0 saturated carbocycles. The molecule has 0 radical (unpaired) electrons. The molecule has 0 aromatic rings. The van der Waals surface area contributed by atoms with Gasteiger partial charge in [0.05, 0.1) is 31.2 Å². The molecule has 0 aliphatic carbocycles. The van der Waals surface area contributed by atoms with Gasteiger partial charge < -0.3 is 50.8 Å². The third-order valence-corrected chi connectivity index (χ3v) is 5.50. The van der Waals surface area contributed by atoms with Crippen molar-refractivity contribution in [2.75, 3.05) is 26.1 Å². The number of hydrogen-bond acceptors (Lipinski definition) is 11. The molecular weight excluding hydrogens is 406 g/mol. The van der Waals surface area contributed by atoms with Gasteiger partial charge in [0, 0.05) is 13.5 Å². The number of nitrogens with zero attached hydrogens (tertiary/aromatic N) is 1. The van der Waals surface area contributed by atoms with Gasteiger partial charge in [0.1, 0.15) is 42.7 Å². The summed E-state index contributed by atoms with van der Waals surface area (Å²) in [7, 11) is 1.37. The van der Waals surface area contributed by atoms with Crippen molar-refractivity contribution < 1.29 is 39.4 Å². The third kappa shape index (κ3) is 5.58. The van der Waals surface area contributed by atoms with E-state index in [-0.39, 0.29) is 5.84 Å². The first kappa shape index (κ1) is 24.7. The van der Waals surface area contributed by atoms with Crippen LogP contribution in [-0.2, 0) is 18.9 Å². The summed E-state index contributed by atoms with van der Waals surface area (Å²) in [6.45, 7) is 0.819. The van der Waals surface area contributed by atoms with Gasteiger partial charge in [-0.2, -0.15) is 12.6 Å². The first-order valence-electron chi connectivity index (χ1n) is 9.54. The van der Waals surface area contributed by atoms with Crippen molar-refractivity contribution in [3.63, 3.8) is 0 Å². The summed E-state index contributed by atoms with van der Waals surface area (Å²) in [4.78, 5) is 4.30. The van der Waals surface area contributed by atoms with E-state index < -0.39 is 74.3 Å². The molecule has 0 aromatic carbocycles. The molecule has 29 heavy (non-hydrogen) atoms. The average Bonchev–Trinajstić information content (AvgIpc) is 2.70. The van der Waals surface area contributed by atoms with Gasteiger partial charge in [-0.3, -0.25) is 4.99 Å². The topological polar surface area (TPSA) is 182 Å². The molecule has 8 N–H and O–H groups in total. The Morgan fingerprint density at radius 2 is 1.72 bits per heavy atom. The van der Waals surface area contributed by atoms with Crippen molar-refractivity contribution in [3.8, 4) is 0 Å². The molecular formula is C17H33N3O8S. The van der Waals surface area contributed by atoms with Crippen molar-refractivity contribution in [2.24, 2.45) is 16.5 Å². The Morgan fingerprint density at radius 3 is 2.28 bits per heavy atom. The molecule has 2 rings (SSSR count). The number of nitrogens with two attached hydrogens (primary N) is 2. The van der Waals surface area contributed by atoms with Crippen LogP contribution in [-0.4, -0.2) is 113 Å². The Labute approximate surface area is 175 Å². The lowest BCUT2D eigenvalue weighted by Gasteiger charge is -2.47. The molecule has 2 fully saturated rings. The highest BCUT2D eigenvalue weighted by atomic mass is 32.1. The summed E-state index contributed by atoms with van der Waals surface area (Å²) >= 11 is 4.11. The smallest absolute Gasteiger partial charge is 0.183 e. The minimum absolute atomic E-state index is 0.225. The second kappa shape index (κ2) is 11.2. The van der Waals surface area contributed by atoms with Gasteiger partial charge >= 0.3 is 0 Å². The summed E-state index contributed by atoms with van der Waals surface area (Å²) in [5, 5.41) is 40.7. The maximum atomic E-state index is 10.8. The maximum absolute atomic E-state index is 10.8. The molecule has 170 valence electrons. The van der Waals surface area contributed by atoms with Crippen LogP contribution in [0.3, 0.4) is 0 Å². The van der Waals surface area contributed by atoms with Crippen molar-refractivity contribution in [2.45, 2.75) is 74.4 Å². The van der Waals surface area contributed by atoms with Crippen LogP contribution < -0.4 is 11.5 Å². The summed E-state index contributed by atoms with van der Waals surface area (Å²) in [5.41, 5.74) is 11.9. The summed E-state index contributed by atoms with van der Waals surface area (Å²) in [5.74, 6) is 0.675. The normalized spacial score (nSPS) is 44.1. The molecule has 2 heterocycles. The van der Waals surface area contributed by atoms with Crippen LogP contribution in [0, 0.1) is 0 Å². The third-order valence-electron chi connectivity index (χ3n) is 5.28. The number of rotatable bonds is 8. The molecule has 0 spiro atoms. The Balaban J connectivity index is 2.30. The van der Waals surface area contributed by atoms with Crippen molar-refractivity contribution in [1.82, 2.24) is 0 Å². The largest absolute Gasteiger partial charge is 0.394 e. The molecule has 12 heteroatoms. The number of ether oxygens (including phenoxy) is 4.